The number of hydrogen-bond acceptors (Lipinski definition) is 7. The average molecular weight is 263 g/mol. The highest BCUT2D eigenvalue weighted by atomic mass is 16.5. The Morgan fingerprint density at radius 1 is 1.42 bits per heavy atom. The molecule has 1 N–H and O–H groups in total. The molecule has 19 heavy (non-hydrogen) atoms. The Hall–Kier alpha value is -1.99. The third-order valence-electron chi connectivity index (χ3n) is 3.09. The van der Waals surface area contributed by atoms with Crippen molar-refractivity contribution in [1.29, 1.82) is 0 Å². The topological polar surface area (TPSA) is 94.5 Å². The average Bonchev–Trinajstić information content (AvgIpc) is 2.90. The van der Waals surface area contributed by atoms with Gasteiger partial charge in [-0.3, -0.25) is 0 Å². The van der Waals surface area contributed by atoms with E-state index in [-0.39, 0.29) is 5.92 Å². The van der Waals surface area contributed by atoms with Gasteiger partial charge in [0.25, 0.3) is 0 Å². The van der Waals surface area contributed by atoms with Crippen LogP contribution in [0.3, 0.4) is 0 Å². The Balaban J connectivity index is 1.60. The van der Waals surface area contributed by atoms with Crippen LogP contribution in [0.1, 0.15) is 44.3 Å². The molecule has 2 aromatic heterocycles. The molecule has 3 rings (SSSR count). The monoisotopic (exact) mass is 263 g/mol. The number of anilines is 1. The molecule has 2 aromatic rings. The number of hydrogen-bond donors (Lipinski definition) is 1. The lowest BCUT2D eigenvalue weighted by molar-refractivity contribution is 0.418. The summed E-state index contributed by atoms with van der Waals surface area (Å²) in [4.78, 5) is 4.25. The van der Waals surface area contributed by atoms with E-state index in [1.54, 1.807) is 0 Å². The molecule has 0 unspecified atom stereocenters. The van der Waals surface area contributed by atoms with Crippen molar-refractivity contribution in [2.45, 2.75) is 45.7 Å². The van der Waals surface area contributed by atoms with Crippen molar-refractivity contribution in [2.24, 2.45) is 5.92 Å². The van der Waals surface area contributed by atoms with Gasteiger partial charge in [-0.2, -0.15) is 4.98 Å². The zero-order valence-corrected chi connectivity index (χ0v) is 11.1. The summed E-state index contributed by atoms with van der Waals surface area (Å²) in [6.07, 6.45) is 2.54. The molecule has 0 atom stereocenters. The van der Waals surface area contributed by atoms with Crippen LogP contribution in [0.4, 0.5) is 6.01 Å². The SMILES string of the molecule is CC(C)c1noc(NCc2nnnn2CC2CC2)n1. The van der Waals surface area contributed by atoms with Crippen LogP contribution in [0.5, 0.6) is 0 Å². The molecule has 0 bridgehead atoms. The predicted octanol–water partition coefficient (Wildman–Crippen LogP) is 1.20. The minimum Gasteiger partial charge on any atom is -0.330 e. The van der Waals surface area contributed by atoms with Crippen molar-refractivity contribution in [2.75, 3.05) is 5.32 Å². The second-order valence-electron chi connectivity index (χ2n) is 5.19. The minimum atomic E-state index is 0.250. The Morgan fingerprint density at radius 2 is 2.26 bits per heavy atom. The third-order valence-corrected chi connectivity index (χ3v) is 3.09. The number of rotatable bonds is 6. The van der Waals surface area contributed by atoms with Crippen LogP contribution in [-0.4, -0.2) is 30.3 Å². The van der Waals surface area contributed by atoms with Crippen molar-refractivity contribution < 1.29 is 4.52 Å². The highest BCUT2D eigenvalue weighted by molar-refractivity contribution is 5.19. The third kappa shape index (κ3) is 2.88. The van der Waals surface area contributed by atoms with Crippen LogP contribution in [0.25, 0.3) is 0 Å². The van der Waals surface area contributed by atoms with Gasteiger partial charge in [-0.15, -0.1) is 5.10 Å². The van der Waals surface area contributed by atoms with Gasteiger partial charge in [0.1, 0.15) is 0 Å². The van der Waals surface area contributed by atoms with Crippen LogP contribution in [-0.2, 0) is 13.1 Å². The Labute approximate surface area is 110 Å². The zero-order chi connectivity index (χ0) is 13.2. The van der Waals surface area contributed by atoms with Crippen LogP contribution < -0.4 is 5.32 Å². The smallest absolute Gasteiger partial charge is 0.321 e. The van der Waals surface area contributed by atoms with E-state index in [1.165, 1.54) is 12.8 Å². The lowest BCUT2D eigenvalue weighted by Crippen LogP contribution is -2.11. The fourth-order valence-corrected chi connectivity index (χ4v) is 1.73. The number of nitrogens with zero attached hydrogens (tertiary/aromatic N) is 6. The van der Waals surface area contributed by atoms with E-state index < -0.39 is 0 Å². The molecule has 0 spiro atoms. The summed E-state index contributed by atoms with van der Waals surface area (Å²) in [6.45, 7) is 5.42. The number of nitrogens with one attached hydrogen (secondary N) is 1. The Kier molecular flexibility index (Phi) is 3.14. The van der Waals surface area contributed by atoms with E-state index in [9.17, 15) is 0 Å². The van der Waals surface area contributed by atoms with Crippen LogP contribution >= 0.6 is 0 Å². The maximum Gasteiger partial charge on any atom is 0.321 e. The molecule has 0 amide bonds. The minimum absolute atomic E-state index is 0.250. The van der Waals surface area contributed by atoms with E-state index in [4.69, 9.17) is 4.52 Å². The van der Waals surface area contributed by atoms with Gasteiger partial charge in [0.05, 0.1) is 6.54 Å². The second kappa shape index (κ2) is 4.94. The standard InChI is InChI=1S/C11H17N7O/c1-7(2)10-13-11(19-15-10)12-5-9-14-16-17-18(9)6-8-3-4-8/h7-8H,3-6H2,1-2H3,(H,12,13,15). The lowest BCUT2D eigenvalue weighted by Gasteiger charge is -2.02. The molecule has 1 fully saturated rings. The summed E-state index contributed by atoms with van der Waals surface area (Å²) < 4.78 is 6.95. The van der Waals surface area contributed by atoms with Gasteiger partial charge in [-0.05, 0) is 29.2 Å². The van der Waals surface area contributed by atoms with Gasteiger partial charge in [0.2, 0.25) is 0 Å². The maximum absolute atomic E-state index is 5.11. The molecule has 0 aliphatic heterocycles. The normalized spacial score (nSPS) is 15.1. The first-order valence-corrected chi connectivity index (χ1v) is 6.55. The largest absolute Gasteiger partial charge is 0.330 e. The van der Waals surface area contributed by atoms with Crippen molar-refractivity contribution >= 4 is 6.01 Å². The molecule has 8 heteroatoms. The van der Waals surface area contributed by atoms with Gasteiger partial charge >= 0.3 is 6.01 Å². The summed E-state index contributed by atoms with van der Waals surface area (Å²) in [5.74, 6) is 2.47. The quantitative estimate of drug-likeness (QED) is 0.836. The van der Waals surface area contributed by atoms with Crippen molar-refractivity contribution in [3.8, 4) is 0 Å². The van der Waals surface area contributed by atoms with Crippen LogP contribution in [0.15, 0.2) is 4.52 Å². The second-order valence-corrected chi connectivity index (χ2v) is 5.19. The molecule has 0 radical (unpaired) electrons. The summed E-state index contributed by atoms with van der Waals surface area (Å²) >= 11 is 0. The Morgan fingerprint density at radius 3 is 2.95 bits per heavy atom. The van der Waals surface area contributed by atoms with Crippen molar-refractivity contribution in [3.05, 3.63) is 11.6 Å². The van der Waals surface area contributed by atoms with Crippen LogP contribution in [0.2, 0.25) is 0 Å². The predicted molar refractivity (Wildman–Crippen MR) is 66.3 cm³/mol. The molecular formula is C11H17N7O. The van der Waals surface area contributed by atoms with Crippen molar-refractivity contribution in [3.63, 3.8) is 0 Å². The first-order chi connectivity index (χ1) is 9.22. The molecule has 1 aliphatic rings. The molecular weight excluding hydrogens is 246 g/mol. The molecule has 0 saturated heterocycles. The Bertz CT molecular complexity index is 543. The fraction of sp³-hybridized carbons (Fsp3) is 0.727. The van der Waals surface area contributed by atoms with Crippen LogP contribution in [0, 0.1) is 5.92 Å². The first-order valence-electron chi connectivity index (χ1n) is 6.55. The molecule has 102 valence electrons. The maximum atomic E-state index is 5.11. The van der Waals surface area contributed by atoms with Gasteiger partial charge in [0.15, 0.2) is 11.6 Å². The van der Waals surface area contributed by atoms with Gasteiger partial charge < -0.3 is 9.84 Å². The van der Waals surface area contributed by atoms with E-state index >= 15 is 0 Å². The first kappa shape index (κ1) is 12.1. The van der Waals surface area contributed by atoms with E-state index in [2.05, 4.69) is 31.0 Å². The van der Waals surface area contributed by atoms with E-state index in [0.29, 0.717) is 18.4 Å². The van der Waals surface area contributed by atoms with E-state index in [1.807, 2.05) is 18.5 Å². The summed E-state index contributed by atoms with van der Waals surface area (Å²) in [5.41, 5.74) is 0. The highest BCUT2D eigenvalue weighted by Gasteiger charge is 2.23. The fourth-order valence-electron chi connectivity index (χ4n) is 1.73. The molecule has 1 saturated carbocycles. The lowest BCUT2D eigenvalue weighted by atomic mass is 10.2. The number of aromatic nitrogens is 6. The molecule has 1 aliphatic carbocycles. The summed E-state index contributed by atoms with van der Waals surface area (Å²) in [7, 11) is 0. The number of tetrazole rings is 1. The molecule has 8 nitrogen and oxygen atoms in total. The zero-order valence-electron chi connectivity index (χ0n) is 11.1. The molecule has 0 aromatic carbocycles. The highest BCUT2D eigenvalue weighted by Crippen LogP contribution is 2.30. The van der Waals surface area contributed by atoms with E-state index in [0.717, 1.165) is 18.3 Å². The van der Waals surface area contributed by atoms with Crippen molar-refractivity contribution in [1.82, 2.24) is 30.3 Å². The molecule has 2 heterocycles. The van der Waals surface area contributed by atoms with Gasteiger partial charge in [-0.1, -0.05) is 19.0 Å². The summed E-state index contributed by atoms with van der Waals surface area (Å²) in [5, 5.41) is 18.6. The summed E-state index contributed by atoms with van der Waals surface area (Å²) in [6, 6.07) is 0.407. The van der Waals surface area contributed by atoms with Gasteiger partial charge in [-0.25, -0.2) is 4.68 Å². The van der Waals surface area contributed by atoms with Gasteiger partial charge in [0, 0.05) is 12.5 Å².